The number of carboxylic acid groups (broad SMARTS) is 1. The number of hydrogen-bond acceptors (Lipinski definition) is 3. The van der Waals surface area contributed by atoms with E-state index in [0.29, 0.717) is 25.9 Å². The van der Waals surface area contributed by atoms with Gasteiger partial charge in [0.25, 0.3) is 0 Å². The molecule has 1 unspecified atom stereocenters. The summed E-state index contributed by atoms with van der Waals surface area (Å²) in [5.74, 6) is -0.819. The average Bonchev–Trinajstić information content (AvgIpc) is 2.75. The van der Waals surface area contributed by atoms with Gasteiger partial charge in [0.1, 0.15) is 0 Å². The number of nitrogens with zero attached hydrogens (tertiary/aromatic N) is 2. The van der Waals surface area contributed by atoms with E-state index in [4.69, 9.17) is 5.11 Å². The molecule has 0 aromatic carbocycles. The Kier molecular flexibility index (Phi) is 5.40. The van der Waals surface area contributed by atoms with Crippen LogP contribution in [-0.2, 0) is 9.59 Å². The smallest absolute Gasteiger partial charge is 0.306 e. The van der Waals surface area contributed by atoms with Gasteiger partial charge in [0.05, 0.1) is 12.0 Å². The number of hydrogen-bond donors (Lipinski definition) is 1. The molecule has 0 aliphatic carbocycles. The van der Waals surface area contributed by atoms with Gasteiger partial charge in [-0.25, -0.2) is 0 Å². The lowest BCUT2D eigenvalue weighted by molar-refractivity contribution is -0.147. The number of aliphatic carboxylic acids is 1. The summed E-state index contributed by atoms with van der Waals surface area (Å²) in [4.78, 5) is 27.6. The molecule has 0 spiro atoms. The molecule has 2 aliphatic rings. The van der Waals surface area contributed by atoms with Gasteiger partial charge >= 0.3 is 5.97 Å². The van der Waals surface area contributed by atoms with Crippen molar-refractivity contribution < 1.29 is 14.7 Å². The maximum atomic E-state index is 12.5. The Morgan fingerprint density at radius 1 is 1.00 bits per heavy atom. The van der Waals surface area contributed by atoms with Gasteiger partial charge in [-0.1, -0.05) is 12.8 Å². The predicted molar refractivity (Wildman–Crippen MR) is 76.4 cm³/mol. The minimum Gasteiger partial charge on any atom is -0.481 e. The molecular weight excluding hydrogens is 256 g/mol. The van der Waals surface area contributed by atoms with Crippen molar-refractivity contribution in [3.05, 3.63) is 0 Å². The Hall–Kier alpha value is -1.10. The second kappa shape index (κ2) is 7.07. The molecule has 1 atom stereocenters. The van der Waals surface area contributed by atoms with Gasteiger partial charge in [-0.2, -0.15) is 0 Å². The zero-order chi connectivity index (χ0) is 14.5. The zero-order valence-corrected chi connectivity index (χ0v) is 12.4. The molecule has 20 heavy (non-hydrogen) atoms. The van der Waals surface area contributed by atoms with Crippen molar-refractivity contribution in [1.82, 2.24) is 9.80 Å². The Balaban J connectivity index is 1.85. The Labute approximate surface area is 120 Å². The highest BCUT2D eigenvalue weighted by Crippen LogP contribution is 2.20. The molecule has 5 nitrogen and oxygen atoms in total. The first kappa shape index (κ1) is 15.3. The van der Waals surface area contributed by atoms with E-state index in [-0.39, 0.29) is 17.9 Å². The van der Waals surface area contributed by atoms with Gasteiger partial charge in [-0.3, -0.25) is 14.5 Å². The number of piperidine rings is 1. The first-order chi connectivity index (χ1) is 9.59. The van der Waals surface area contributed by atoms with Crippen LogP contribution in [0.3, 0.4) is 0 Å². The maximum absolute atomic E-state index is 12.5. The SMILES string of the molecule is CC(C(=O)N1CCC(C(=O)O)CC1)N1CCCCCC1. The van der Waals surface area contributed by atoms with E-state index in [1.807, 2.05) is 11.8 Å². The molecule has 2 saturated heterocycles. The van der Waals surface area contributed by atoms with E-state index in [0.717, 1.165) is 13.1 Å². The highest BCUT2D eigenvalue weighted by molar-refractivity contribution is 5.82. The van der Waals surface area contributed by atoms with Crippen LogP contribution in [0.4, 0.5) is 0 Å². The summed E-state index contributed by atoms with van der Waals surface area (Å²) in [7, 11) is 0. The maximum Gasteiger partial charge on any atom is 0.306 e. The molecule has 0 radical (unpaired) electrons. The molecule has 1 N–H and O–H groups in total. The van der Waals surface area contributed by atoms with Crippen molar-refractivity contribution in [2.75, 3.05) is 26.2 Å². The van der Waals surface area contributed by atoms with Gasteiger partial charge in [0, 0.05) is 13.1 Å². The van der Waals surface area contributed by atoms with E-state index in [1.54, 1.807) is 0 Å². The van der Waals surface area contributed by atoms with Gasteiger partial charge in [-0.05, 0) is 45.7 Å². The van der Waals surface area contributed by atoms with Crippen LogP contribution in [0.15, 0.2) is 0 Å². The van der Waals surface area contributed by atoms with E-state index < -0.39 is 5.97 Å². The number of carboxylic acids is 1. The third-order valence-electron chi connectivity index (χ3n) is 4.70. The summed E-state index contributed by atoms with van der Waals surface area (Å²) in [6.07, 6.45) is 6.07. The molecule has 2 rings (SSSR count). The number of carbonyl (C=O) groups excluding carboxylic acids is 1. The monoisotopic (exact) mass is 282 g/mol. The van der Waals surface area contributed by atoms with Gasteiger partial charge in [0.2, 0.25) is 5.91 Å². The van der Waals surface area contributed by atoms with Crippen molar-refractivity contribution in [2.24, 2.45) is 5.92 Å². The summed E-state index contributed by atoms with van der Waals surface area (Å²) in [5, 5.41) is 9.00. The molecule has 5 heteroatoms. The molecule has 2 heterocycles. The van der Waals surface area contributed by atoms with E-state index in [2.05, 4.69) is 4.90 Å². The lowest BCUT2D eigenvalue weighted by atomic mass is 9.96. The van der Waals surface area contributed by atoms with Crippen LogP contribution in [0, 0.1) is 5.92 Å². The minimum atomic E-state index is -0.724. The van der Waals surface area contributed by atoms with E-state index >= 15 is 0 Å². The number of amides is 1. The molecule has 114 valence electrons. The highest BCUT2D eigenvalue weighted by atomic mass is 16.4. The quantitative estimate of drug-likeness (QED) is 0.853. The average molecular weight is 282 g/mol. The van der Waals surface area contributed by atoms with E-state index in [9.17, 15) is 9.59 Å². The Bertz CT molecular complexity index is 343. The van der Waals surface area contributed by atoms with Crippen molar-refractivity contribution in [3.63, 3.8) is 0 Å². The van der Waals surface area contributed by atoms with Crippen LogP contribution in [0.5, 0.6) is 0 Å². The second-order valence-corrected chi connectivity index (χ2v) is 6.06. The van der Waals surface area contributed by atoms with E-state index in [1.165, 1.54) is 25.7 Å². The zero-order valence-electron chi connectivity index (χ0n) is 12.4. The summed E-state index contributed by atoms with van der Waals surface area (Å²) < 4.78 is 0. The van der Waals surface area contributed by atoms with Crippen molar-refractivity contribution in [3.8, 4) is 0 Å². The molecule has 2 aliphatic heterocycles. The second-order valence-electron chi connectivity index (χ2n) is 6.06. The van der Waals surface area contributed by atoms with Crippen LogP contribution in [0.2, 0.25) is 0 Å². The topological polar surface area (TPSA) is 60.9 Å². The Morgan fingerprint density at radius 2 is 1.55 bits per heavy atom. The molecule has 0 bridgehead atoms. The third-order valence-corrected chi connectivity index (χ3v) is 4.70. The standard InChI is InChI=1S/C15H26N2O3/c1-12(16-8-4-2-3-5-9-16)14(18)17-10-6-13(7-11-17)15(19)20/h12-13H,2-11H2,1H3,(H,19,20). The number of rotatable bonds is 3. The summed E-state index contributed by atoms with van der Waals surface area (Å²) in [5.41, 5.74) is 0. The molecular formula is C15H26N2O3. The predicted octanol–water partition coefficient (Wildman–Crippen LogP) is 1.57. The fraction of sp³-hybridized carbons (Fsp3) is 0.867. The van der Waals surface area contributed by atoms with Crippen LogP contribution in [0.1, 0.15) is 45.4 Å². The minimum absolute atomic E-state index is 0.0607. The third kappa shape index (κ3) is 3.72. The normalized spacial score (nSPS) is 24.1. The van der Waals surface area contributed by atoms with Crippen molar-refractivity contribution in [1.29, 1.82) is 0 Å². The van der Waals surface area contributed by atoms with Crippen LogP contribution < -0.4 is 0 Å². The van der Waals surface area contributed by atoms with Crippen LogP contribution in [0.25, 0.3) is 0 Å². The lowest BCUT2D eigenvalue weighted by Gasteiger charge is -2.35. The Morgan fingerprint density at radius 3 is 2.05 bits per heavy atom. The first-order valence-corrected chi connectivity index (χ1v) is 7.85. The molecule has 0 aromatic rings. The van der Waals surface area contributed by atoms with Gasteiger partial charge in [0.15, 0.2) is 0 Å². The lowest BCUT2D eigenvalue weighted by Crippen LogP contribution is -2.50. The molecule has 2 fully saturated rings. The molecule has 0 aromatic heterocycles. The molecule has 0 saturated carbocycles. The van der Waals surface area contributed by atoms with Gasteiger partial charge < -0.3 is 10.0 Å². The summed E-state index contributed by atoms with van der Waals surface area (Å²) >= 11 is 0. The fourth-order valence-electron chi connectivity index (χ4n) is 3.25. The largest absolute Gasteiger partial charge is 0.481 e. The first-order valence-electron chi connectivity index (χ1n) is 7.85. The number of carbonyl (C=O) groups is 2. The fourth-order valence-corrected chi connectivity index (χ4v) is 3.25. The summed E-state index contributed by atoms with van der Waals surface area (Å²) in [6, 6.07) is -0.0607. The van der Waals surface area contributed by atoms with Crippen molar-refractivity contribution in [2.45, 2.75) is 51.5 Å². The number of likely N-dealkylation sites (tertiary alicyclic amines) is 2. The molecule has 1 amide bonds. The van der Waals surface area contributed by atoms with Gasteiger partial charge in [-0.15, -0.1) is 0 Å². The van der Waals surface area contributed by atoms with Crippen LogP contribution >= 0.6 is 0 Å². The highest BCUT2D eigenvalue weighted by Gasteiger charge is 2.31. The van der Waals surface area contributed by atoms with Crippen LogP contribution in [-0.4, -0.2) is 59.0 Å². The van der Waals surface area contributed by atoms with Crippen molar-refractivity contribution >= 4 is 11.9 Å². The summed E-state index contributed by atoms with van der Waals surface area (Å²) in [6.45, 7) is 5.20.